The van der Waals surface area contributed by atoms with E-state index in [1.807, 2.05) is 38.3 Å². The summed E-state index contributed by atoms with van der Waals surface area (Å²) in [4.78, 5) is 13.4. The lowest BCUT2D eigenvalue weighted by molar-refractivity contribution is -0.114. The van der Waals surface area contributed by atoms with Crippen LogP contribution in [0.15, 0.2) is 53.4 Å². The number of hydrogen-bond donors (Lipinski definition) is 1. The molecule has 0 bridgehead atoms. The molecule has 0 aromatic heterocycles. The average Bonchev–Trinajstić information content (AvgIpc) is 2.59. The van der Waals surface area contributed by atoms with E-state index in [1.54, 1.807) is 42.1 Å². The normalized spacial score (nSPS) is 11.3. The van der Waals surface area contributed by atoms with Gasteiger partial charge in [0, 0.05) is 10.6 Å². The zero-order valence-electron chi connectivity index (χ0n) is 15.8. The quantitative estimate of drug-likeness (QED) is 0.676. The molecule has 6 nitrogen and oxygen atoms in total. The average molecular weight is 409 g/mol. The van der Waals surface area contributed by atoms with Crippen LogP contribution < -0.4 is 14.4 Å². The molecular formula is C19H24N2O4S2. The minimum absolute atomic E-state index is 0.0182. The third-order valence-electron chi connectivity index (χ3n) is 3.54. The van der Waals surface area contributed by atoms with Crippen LogP contribution in [0.25, 0.3) is 0 Å². The summed E-state index contributed by atoms with van der Waals surface area (Å²) in [7, 11) is -3.63. The highest BCUT2D eigenvalue weighted by Crippen LogP contribution is 2.23. The second kappa shape index (κ2) is 9.14. The van der Waals surface area contributed by atoms with E-state index >= 15 is 0 Å². The number of amides is 1. The van der Waals surface area contributed by atoms with E-state index in [4.69, 9.17) is 4.74 Å². The zero-order chi connectivity index (χ0) is 20.0. The predicted octanol–water partition coefficient (Wildman–Crippen LogP) is 3.60. The Balaban J connectivity index is 2.15. The van der Waals surface area contributed by atoms with Gasteiger partial charge < -0.3 is 10.1 Å². The van der Waals surface area contributed by atoms with Crippen molar-refractivity contribution in [1.29, 1.82) is 0 Å². The van der Waals surface area contributed by atoms with Gasteiger partial charge in [-0.15, -0.1) is 11.8 Å². The molecule has 0 saturated carbocycles. The monoisotopic (exact) mass is 408 g/mol. The van der Waals surface area contributed by atoms with Gasteiger partial charge in [-0.3, -0.25) is 9.10 Å². The highest BCUT2D eigenvalue weighted by molar-refractivity contribution is 7.98. The van der Waals surface area contributed by atoms with Crippen LogP contribution in [0.4, 0.5) is 11.4 Å². The molecule has 2 aromatic carbocycles. The fourth-order valence-corrected chi connectivity index (χ4v) is 3.71. The number of ether oxygens (including phenoxy) is 1. The SMILES string of the molecule is CSc1cccc(NC(=O)CN(c2ccc(OC(C)C)cc2)S(C)(=O)=O)c1. The van der Waals surface area contributed by atoms with Crippen molar-refractivity contribution >= 4 is 39.1 Å². The van der Waals surface area contributed by atoms with Gasteiger partial charge >= 0.3 is 0 Å². The van der Waals surface area contributed by atoms with Gasteiger partial charge in [-0.25, -0.2) is 8.42 Å². The predicted molar refractivity (Wildman–Crippen MR) is 111 cm³/mol. The van der Waals surface area contributed by atoms with E-state index < -0.39 is 15.9 Å². The third-order valence-corrected chi connectivity index (χ3v) is 5.40. The van der Waals surface area contributed by atoms with Crippen LogP contribution in [0.3, 0.4) is 0 Å². The Morgan fingerprint density at radius 2 is 1.85 bits per heavy atom. The van der Waals surface area contributed by atoms with Crippen LogP contribution in [0, 0.1) is 0 Å². The number of hydrogen-bond acceptors (Lipinski definition) is 5. The van der Waals surface area contributed by atoms with Crippen molar-refractivity contribution in [2.75, 3.05) is 28.7 Å². The first-order valence-corrected chi connectivity index (χ1v) is 11.4. The van der Waals surface area contributed by atoms with E-state index in [1.165, 1.54) is 0 Å². The second-order valence-corrected chi connectivity index (χ2v) is 9.00. The molecule has 2 rings (SSSR count). The Kier molecular flexibility index (Phi) is 7.15. The fourth-order valence-electron chi connectivity index (χ4n) is 2.39. The number of nitrogens with zero attached hydrogens (tertiary/aromatic N) is 1. The second-order valence-electron chi connectivity index (χ2n) is 6.21. The molecule has 27 heavy (non-hydrogen) atoms. The van der Waals surface area contributed by atoms with Crippen molar-refractivity contribution in [3.8, 4) is 5.75 Å². The van der Waals surface area contributed by atoms with Gasteiger partial charge in [-0.1, -0.05) is 6.07 Å². The molecule has 0 saturated heterocycles. The molecule has 0 aliphatic rings. The van der Waals surface area contributed by atoms with Crippen LogP contribution in [-0.2, 0) is 14.8 Å². The first-order chi connectivity index (χ1) is 12.7. The molecular weight excluding hydrogens is 384 g/mol. The first-order valence-electron chi connectivity index (χ1n) is 8.37. The number of thioether (sulfide) groups is 1. The third kappa shape index (κ3) is 6.48. The standard InChI is InChI=1S/C19H24N2O4S2/c1-14(2)25-17-10-8-16(9-11-17)21(27(4,23)24)13-19(22)20-15-6-5-7-18(12-15)26-3/h5-12,14H,13H2,1-4H3,(H,20,22). The first kappa shape index (κ1) is 21.1. The van der Waals surface area contributed by atoms with Crippen molar-refractivity contribution in [1.82, 2.24) is 0 Å². The zero-order valence-corrected chi connectivity index (χ0v) is 17.4. The number of anilines is 2. The summed E-state index contributed by atoms with van der Waals surface area (Å²) in [5.41, 5.74) is 1.03. The van der Waals surface area contributed by atoms with Crippen molar-refractivity contribution in [3.63, 3.8) is 0 Å². The molecule has 1 amide bonds. The minimum Gasteiger partial charge on any atom is -0.491 e. The lowest BCUT2D eigenvalue weighted by atomic mass is 10.3. The van der Waals surface area contributed by atoms with Crippen LogP contribution in [0.5, 0.6) is 5.75 Å². The number of benzene rings is 2. The van der Waals surface area contributed by atoms with Gasteiger partial charge in [-0.2, -0.15) is 0 Å². The Morgan fingerprint density at radius 3 is 2.41 bits per heavy atom. The smallest absolute Gasteiger partial charge is 0.245 e. The van der Waals surface area contributed by atoms with Crippen molar-refractivity contribution in [2.24, 2.45) is 0 Å². The van der Waals surface area contributed by atoms with Crippen molar-refractivity contribution in [3.05, 3.63) is 48.5 Å². The van der Waals surface area contributed by atoms with E-state index in [2.05, 4.69) is 5.32 Å². The van der Waals surface area contributed by atoms with Gasteiger partial charge in [-0.05, 0) is 62.6 Å². The van der Waals surface area contributed by atoms with Crippen molar-refractivity contribution < 1.29 is 17.9 Å². The van der Waals surface area contributed by atoms with Gasteiger partial charge in [0.25, 0.3) is 0 Å². The molecule has 0 spiro atoms. The summed E-state index contributed by atoms with van der Waals surface area (Å²) >= 11 is 1.56. The Bertz CT molecular complexity index is 881. The Morgan fingerprint density at radius 1 is 1.19 bits per heavy atom. The maximum atomic E-state index is 12.4. The Labute approximate surface area is 165 Å². The highest BCUT2D eigenvalue weighted by atomic mass is 32.2. The number of rotatable bonds is 8. The largest absolute Gasteiger partial charge is 0.491 e. The molecule has 0 heterocycles. The summed E-state index contributed by atoms with van der Waals surface area (Å²) in [6.07, 6.45) is 3.04. The minimum atomic E-state index is -3.63. The number of nitrogens with one attached hydrogen (secondary N) is 1. The molecule has 0 fully saturated rings. The van der Waals surface area contributed by atoms with Crippen molar-refractivity contribution in [2.45, 2.75) is 24.8 Å². The Hall–Kier alpha value is -2.19. The molecule has 2 aromatic rings. The number of carbonyl (C=O) groups is 1. The molecule has 0 atom stereocenters. The molecule has 0 aliphatic carbocycles. The number of carbonyl (C=O) groups excluding carboxylic acids is 1. The van der Waals surface area contributed by atoms with Crippen LogP contribution >= 0.6 is 11.8 Å². The fraction of sp³-hybridized carbons (Fsp3) is 0.316. The molecule has 1 N–H and O–H groups in total. The molecule has 0 unspecified atom stereocenters. The molecule has 0 aliphatic heterocycles. The maximum absolute atomic E-state index is 12.4. The van der Waals surface area contributed by atoms with Crippen LogP contribution in [0.1, 0.15) is 13.8 Å². The van der Waals surface area contributed by atoms with Gasteiger partial charge in [0.05, 0.1) is 18.0 Å². The summed E-state index contributed by atoms with van der Waals surface area (Å²) in [6.45, 7) is 3.51. The van der Waals surface area contributed by atoms with Gasteiger partial charge in [0.1, 0.15) is 12.3 Å². The van der Waals surface area contributed by atoms with E-state index in [0.29, 0.717) is 17.1 Å². The summed E-state index contributed by atoms with van der Waals surface area (Å²) < 4.78 is 31.0. The highest BCUT2D eigenvalue weighted by Gasteiger charge is 2.21. The van der Waals surface area contributed by atoms with Gasteiger partial charge in [0.15, 0.2) is 0 Å². The van der Waals surface area contributed by atoms with Crippen LogP contribution in [-0.4, -0.2) is 39.5 Å². The molecule has 8 heteroatoms. The van der Waals surface area contributed by atoms with E-state index in [-0.39, 0.29) is 12.6 Å². The molecule has 146 valence electrons. The lowest BCUT2D eigenvalue weighted by Crippen LogP contribution is -2.37. The summed E-state index contributed by atoms with van der Waals surface area (Å²) in [6, 6.07) is 14.0. The van der Waals surface area contributed by atoms with Crippen LogP contribution in [0.2, 0.25) is 0 Å². The number of sulfonamides is 1. The summed E-state index contributed by atoms with van der Waals surface area (Å²) in [5, 5.41) is 2.74. The topological polar surface area (TPSA) is 75.7 Å². The lowest BCUT2D eigenvalue weighted by Gasteiger charge is -2.22. The van der Waals surface area contributed by atoms with E-state index in [0.717, 1.165) is 15.5 Å². The summed E-state index contributed by atoms with van der Waals surface area (Å²) in [5.74, 6) is 0.224. The van der Waals surface area contributed by atoms with Gasteiger partial charge in [0.2, 0.25) is 15.9 Å². The maximum Gasteiger partial charge on any atom is 0.245 e. The van der Waals surface area contributed by atoms with E-state index in [9.17, 15) is 13.2 Å². The molecule has 0 radical (unpaired) electrons.